The maximum Gasteiger partial charge on any atom is 0.341 e. The summed E-state index contributed by atoms with van der Waals surface area (Å²) in [6.07, 6.45) is 0.272. The molecule has 0 heterocycles. The molecular formula is C18H19F2NO3S2. The Balaban J connectivity index is 1.87. The molecule has 4 nitrogen and oxygen atoms in total. The summed E-state index contributed by atoms with van der Waals surface area (Å²) in [5, 5.41) is 2.62. The highest BCUT2D eigenvalue weighted by Crippen LogP contribution is 2.23. The first-order valence-electron chi connectivity index (χ1n) is 7.82. The van der Waals surface area contributed by atoms with Crippen LogP contribution in [0.3, 0.4) is 0 Å². The lowest BCUT2D eigenvalue weighted by Gasteiger charge is -2.08. The number of thioether (sulfide) groups is 1. The van der Waals surface area contributed by atoms with Gasteiger partial charge in [-0.25, -0.2) is 8.42 Å². The van der Waals surface area contributed by atoms with Crippen molar-refractivity contribution < 1.29 is 22.0 Å². The van der Waals surface area contributed by atoms with E-state index in [4.69, 9.17) is 0 Å². The topological polar surface area (TPSA) is 63.2 Å². The average Bonchev–Trinajstić information content (AvgIpc) is 2.58. The van der Waals surface area contributed by atoms with E-state index in [9.17, 15) is 22.0 Å². The number of benzene rings is 2. The largest absolute Gasteiger partial charge is 0.341 e. The third-order valence-electron chi connectivity index (χ3n) is 3.78. The summed E-state index contributed by atoms with van der Waals surface area (Å²) in [6.45, 7) is 4.07. The van der Waals surface area contributed by atoms with Crippen LogP contribution in [0.15, 0.2) is 52.3 Å². The van der Waals surface area contributed by atoms with Crippen LogP contribution in [0.25, 0.3) is 0 Å². The maximum atomic E-state index is 12.5. The highest BCUT2D eigenvalue weighted by atomic mass is 32.2. The Kier molecular flexibility index (Phi) is 6.77. The fraction of sp³-hybridized carbons (Fsp3) is 0.278. The molecule has 2 rings (SSSR count). The van der Waals surface area contributed by atoms with Gasteiger partial charge in [-0.15, -0.1) is 11.8 Å². The molecular weight excluding hydrogens is 380 g/mol. The normalized spacial score (nSPS) is 11.6. The number of rotatable bonds is 7. The van der Waals surface area contributed by atoms with Gasteiger partial charge in [-0.1, -0.05) is 6.07 Å². The number of sulfone groups is 1. The maximum absolute atomic E-state index is 12.5. The first kappa shape index (κ1) is 20.4. The van der Waals surface area contributed by atoms with Gasteiger partial charge in [0.1, 0.15) is 0 Å². The number of amides is 1. The molecule has 8 heteroatoms. The summed E-state index contributed by atoms with van der Waals surface area (Å²) in [6, 6.07) is 10.8. The van der Waals surface area contributed by atoms with E-state index in [0.29, 0.717) is 11.4 Å². The minimum atomic E-state index is -4.62. The lowest BCUT2D eigenvalue weighted by Crippen LogP contribution is -2.13. The van der Waals surface area contributed by atoms with Crippen molar-refractivity contribution in [2.24, 2.45) is 0 Å². The van der Waals surface area contributed by atoms with E-state index in [1.165, 1.54) is 23.3 Å². The SMILES string of the molecule is Cc1ccc(SCCC(=O)Nc2ccc(S(=O)(=O)C(F)F)cc2)cc1C. The second-order valence-corrected chi connectivity index (χ2v) is 8.81. The molecule has 0 fully saturated rings. The Morgan fingerprint density at radius 1 is 1.08 bits per heavy atom. The van der Waals surface area contributed by atoms with E-state index in [1.807, 2.05) is 26.0 Å². The molecule has 0 saturated heterocycles. The molecule has 2 aromatic rings. The van der Waals surface area contributed by atoms with E-state index >= 15 is 0 Å². The van der Waals surface area contributed by atoms with Crippen LogP contribution in [-0.2, 0) is 14.6 Å². The van der Waals surface area contributed by atoms with Gasteiger partial charge in [0.15, 0.2) is 0 Å². The van der Waals surface area contributed by atoms with E-state index < -0.39 is 20.5 Å². The third-order valence-corrected chi connectivity index (χ3v) is 6.17. The van der Waals surface area contributed by atoms with Crippen LogP contribution in [0.1, 0.15) is 17.5 Å². The van der Waals surface area contributed by atoms with Gasteiger partial charge in [0.25, 0.3) is 0 Å². The zero-order chi connectivity index (χ0) is 19.3. The molecule has 0 unspecified atom stereocenters. The molecule has 0 aliphatic heterocycles. The summed E-state index contributed by atoms with van der Waals surface area (Å²) in [7, 11) is -4.62. The minimum absolute atomic E-state index is 0.231. The monoisotopic (exact) mass is 399 g/mol. The van der Waals surface area contributed by atoms with Gasteiger partial charge in [0.05, 0.1) is 4.90 Å². The zero-order valence-corrected chi connectivity index (χ0v) is 16.0. The second kappa shape index (κ2) is 8.64. The fourth-order valence-corrected chi connectivity index (χ4v) is 3.79. The highest BCUT2D eigenvalue weighted by molar-refractivity contribution is 7.99. The predicted molar refractivity (Wildman–Crippen MR) is 99.5 cm³/mol. The van der Waals surface area contributed by atoms with Crippen LogP contribution in [0.4, 0.5) is 14.5 Å². The molecule has 26 heavy (non-hydrogen) atoms. The van der Waals surface area contributed by atoms with Gasteiger partial charge in [-0.2, -0.15) is 8.78 Å². The van der Waals surface area contributed by atoms with Crippen molar-refractivity contribution in [2.75, 3.05) is 11.1 Å². The van der Waals surface area contributed by atoms with Crippen LogP contribution >= 0.6 is 11.8 Å². The predicted octanol–water partition coefficient (Wildman–Crippen LogP) is 4.42. The van der Waals surface area contributed by atoms with Crippen molar-refractivity contribution in [3.63, 3.8) is 0 Å². The second-order valence-electron chi connectivity index (χ2n) is 5.72. The molecule has 140 valence electrons. The Bertz CT molecular complexity index is 882. The number of hydrogen-bond acceptors (Lipinski definition) is 4. The Morgan fingerprint density at radius 2 is 1.73 bits per heavy atom. The van der Waals surface area contributed by atoms with Crippen molar-refractivity contribution >= 4 is 33.2 Å². The molecule has 0 aliphatic carbocycles. The summed E-state index contributed by atoms with van der Waals surface area (Å²) in [5.74, 6) is -3.11. The van der Waals surface area contributed by atoms with E-state index in [0.717, 1.165) is 17.0 Å². The van der Waals surface area contributed by atoms with Gasteiger partial charge in [0.2, 0.25) is 15.7 Å². The number of nitrogens with one attached hydrogen (secondary N) is 1. The first-order valence-corrected chi connectivity index (χ1v) is 10.4. The fourth-order valence-electron chi connectivity index (χ4n) is 2.12. The number of carbonyl (C=O) groups is 1. The van der Waals surface area contributed by atoms with Gasteiger partial charge in [0, 0.05) is 22.8 Å². The number of carbonyl (C=O) groups excluding carboxylic acids is 1. The molecule has 0 bridgehead atoms. The molecule has 0 radical (unpaired) electrons. The van der Waals surface area contributed by atoms with Gasteiger partial charge < -0.3 is 5.32 Å². The van der Waals surface area contributed by atoms with Crippen molar-refractivity contribution in [3.05, 3.63) is 53.6 Å². The average molecular weight is 399 g/mol. The van der Waals surface area contributed by atoms with Crippen LogP contribution < -0.4 is 5.32 Å². The first-order chi connectivity index (χ1) is 12.2. The van der Waals surface area contributed by atoms with Gasteiger partial charge in [-0.3, -0.25) is 4.79 Å². The van der Waals surface area contributed by atoms with E-state index in [1.54, 1.807) is 11.8 Å². The molecule has 0 aromatic heterocycles. The number of hydrogen-bond donors (Lipinski definition) is 1. The van der Waals surface area contributed by atoms with E-state index in [-0.39, 0.29) is 12.3 Å². The zero-order valence-electron chi connectivity index (χ0n) is 14.3. The van der Waals surface area contributed by atoms with E-state index in [2.05, 4.69) is 11.4 Å². The van der Waals surface area contributed by atoms with Crippen LogP contribution in [-0.4, -0.2) is 25.8 Å². The number of anilines is 1. The summed E-state index contributed by atoms with van der Waals surface area (Å²) < 4.78 is 47.6. The van der Waals surface area contributed by atoms with Crippen molar-refractivity contribution in [1.82, 2.24) is 0 Å². The van der Waals surface area contributed by atoms with Gasteiger partial charge in [-0.05, 0) is 61.4 Å². The quantitative estimate of drug-likeness (QED) is 0.700. The highest BCUT2D eigenvalue weighted by Gasteiger charge is 2.26. The van der Waals surface area contributed by atoms with Crippen molar-refractivity contribution in [2.45, 2.75) is 35.8 Å². The molecule has 0 saturated carbocycles. The van der Waals surface area contributed by atoms with Crippen LogP contribution in [0.2, 0.25) is 0 Å². The Morgan fingerprint density at radius 3 is 2.31 bits per heavy atom. The number of alkyl halides is 2. The summed E-state index contributed by atoms with van der Waals surface area (Å²) in [4.78, 5) is 12.6. The minimum Gasteiger partial charge on any atom is -0.326 e. The Labute approximate surface area is 155 Å². The molecule has 0 aliphatic rings. The lowest BCUT2D eigenvalue weighted by molar-refractivity contribution is -0.115. The van der Waals surface area contributed by atoms with Crippen LogP contribution in [0.5, 0.6) is 0 Å². The smallest absolute Gasteiger partial charge is 0.326 e. The molecule has 1 N–H and O–H groups in total. The lowest BCUT2D eigenvalue weighted by atomic mass is 10.1. The number of halogens is 2. The molecule has 2 aromatic carbocycles. The van der Waals surface area contributed by atoms with Crippen molar-refractivity contribution in [3.8, 4) is 0 Å². The molecule has 0 atom stereocenters. The summed E-state index contributed by atoms with van der Waals surface area (Å²) in [5.41, 5.74) is 2.77. The van der Waals surface area contributed by atoms with Crippen LogP contribution in [0, 0.1) is 13.8 Å². The Hall–Kier alpha value is -1.93. The van der Waals surface area contributed by atoms with Gasteiger partial charge >= 0.3 is 5.76 Å². The third kappa shape index (κ3) is 5.28. The summed E-state index contributed by atoms with van der Waals surface area (Å²) >= 11 is 1.57. The molecule has 0 spiro atoms. The molecule has 1 amide bonds. The standard InChI is InChI=1S/C18H19F2NO3S2/c1-12-3-6-15(11-13(12)2)25-10-9-17(22)21-14-4-7-16(8-5-14)26(23,24)18(19)20/h3-8,11,18H,9-10H2,1-2H3,(H,21,22). The number of aryl methyl sites for hydroxylation is 2. The van der Waals surface area contributed by atoms with Crippen molar-refractivity contribution in [1.29, 1.82) is 0 Å².